The van der Waals surface area contributed by atoms with E-state index in [4.69, 9.17) is 5.11 Å². The maximum Gasteiger partial charge on any atom is 0.573 e. The van der Waals surface area contributed by atoms with E-state index in [0.29, 0.717) is 0 Å². The highest BCUT2D eigenvalue weighted by molar-refractivity contribution is 5.65. The third-order valence-corrected chi connectivity index (χ3v) is 2.42. The van der Waals surface area contributed by atoms with Gasteiger partial charge in [-0.15, -0.1) is 13.2 Å². The van der Waals surface area contributed by atoms with E-state index in [9.17, 15) is 22.0 Å². The largest absolute Gasteiger partial charge is 0.573 e. The predicted octanol–water partition coefficient (Wildman–Crippen LogP) is 4.24. The summed E-state index contributed by atoms with van der Waals surface area (Å²) in [6.45, 7) is 0. The smallest absolute Gasteiger partial charge is 0.508 e. The molecule has 0 aromatic heterocycles. The highest BCUT2D eigenvalue weighted by Crippen LogP contribution is 2.31. The number of rotatable bonds is 2. The van der Waals surface area contributed by atoms with Gasteiger partial charge in [0, 0.05) is 11.6 Å². The molecule has 0 saturated carbocycles. The molecule has 1 N–H and O–H groups in total. The number of hydrogen-bond acceptors (Lipinski definition) is 2. The second kappa shape index (κ2) is 4.99. The van der Waals surface area contributed by atoms with Gasteiger partial charge in [-0.1, -0.05) is 6.07 Å². The lowest BCUT2D eigenvalue weighted by atomic mass is 10.0. The van der Waals surface area contributed by atoms with Crippen LogP contribution in [0.2, 0.25) is 0 Å². The Morgan fingerprint density at radius 2 is 1.60 bits per heavy atom. The van der Waals surface area contributed by atoms with Crippen molar-refractivity contribution in [2.75, 3.05) is 0 Å². The maximum absolute atomic E-state index is 13.5. The summed E-state index contributed by atoms with van der Waals surface area (Å²) < 4.78 is 66.4. The second-order valence-electron chi connectivity index (χ2n) is 3.86. The zero-order chi connectivity index (χ0) is 14.9. The van der Waals surface area contributed by atoms with Gasteiger partial charge in [-0.3, -0.25) is 0 Å². The molecule has 2 aromatic rings. The summed E-state index contributed by atoms with van der Waals surface area (Å²) >= 11 is 0. The summed E-state index contributed by atoms with van der Waals surface area (Å²) in [6.07, 6.45) is -5.01. The minimum atomic E-state index is -5.01. The standard InChI is InChI=1S/C13H7F5O2/c14-10-6-8(19)2-3-9(10)7-1-4-12(11(15)5-7)20-13(16,17)18/h1-6,19H. The fourth-order valence-electron chi connectivity index (χ4n) is 1.61. The van der Waals surface area contributed by atoms with Crippen molar-refractivity contribution in [3.8, 4) is 22.6 Å². The molecule has 2 aromatic carbocycles. The number of aromatic hydroxyl groups is 1. The predicted molar refractivity (Wildman–Crippen MR) is 60.1 cm³/mol. The van der Waals surface area contributed by atoms with Crippen LogP contribution in [0.25, 0.3) is 11.1 Å². The average molecular weight is 290 g/mol. The minimum Gasteiger partial charge on any atom is -0.508 e. The quantitative estimate of drug-likeness (QED) is 0.838. The van der Waals surface area contributed by atoms with E-state index in [1.165, 1.54) is 12.1 Å². The van der Waals surface area contributed by atoms with Crippen LogP contribution in [-0.2, 0) is 0 Å². The van der Waals surface area contributed by atoms with Crippen LogP contribution >= 0.6 is 0 Å². The monoisotopic (exact) mass is 290 g/mol. The highest BCUT2D eigenvalue weighted by Gasteiger charge is 2.32. The summed E-state index contributed by atoms with van der Waals surface area (Å²) in [5.41, 5.74) is -0.0326. The van der Waals surface area contributed by atoms with Crippen molar-refractivity contribution in [3.05, 3.63) is 48.0 Å². The van der Waals surface area contributed by atoms with E-state index in [1.807, 2.05) is 0 Å². The first-order chi connectivity index (χ1) is 9.26. The van der Waals surface area contributed by atoms with Crippen molar-refractivity contribution in [1.29, 1.82) is 0 Å². The lowest BCUT2D eigenvalue weighted by Crippen LogP contribution is -2.17. The van der Waals surface area contributed by atoms with E-state index in [0.717, 1.165) is 24.3 Å². The van der Waals surface area contributed by atoms with Crippen molar-refractivity contribution in [1.82, 2.24) is 0 Å². The van der Waals surface area contributed by atoms with Crippen molar-refractivity contribution >= 4 is 0 Å². The van der Waals surface area contributed by atoms with Gasteiger partial charge in [0.15, 0.2) is 11.6 Å². The number of hydrogen-bond donors (Lipinski definition) is 1. The Morgan fingerprint density at radius 3 is 2.15 bits per heavy atom. The number of benzene rings is 2. The Balaban J connectivity index is 2.38. The van der Waals surface area contributed by atoms with E-state index >= 15 is 0 Å². The van der Waals surface area contributed by atoms with Crippen molar-refractivity contribution < 1.29 is 31.8 Å². The van der Waals surface area contributed by atoms with Crippen LogP contribution in [0.1, 0.15) is 0 Å². The fraction of sp³-hybridized carbons (Fsp3) is 0.0769. The van der Waals surface area contributed by atoms with E-state index in [-0.39, 0.29) is 16.9 Å². The molecule has 0 atom stereocenters. The van der Waals surface area contributed by atoms with Crippen LogP contribution in [0.3, 0.4) is 0 Å². The third kappa shape index (κ3) is 3.17. The summed E-state index contributed by atoms with van der Waals surface area (Å²) in [5, 5.41) is 9.05. The number of halogens is 5. The van der Waals surface area contributed by atoms with Crippen LogP contribution in [0.5, 0.6) is 11.5 Å². The molecule has 0 fully saturated rings. The Morgan fingerprint density at radius 1 is 0.900 bits per heavy atom. The zero-order valence-electron chi connectivity index (χ0n) is 9.71. The molecule has 20 heavy (non-hydrogen) atoms. The molecule has 0 spiro atoms. The number of phenols is 1. The van der Waals surface area contributed by atoms with Gasteiger partial charge in [-0.2, -0.15) is 0 Å². The van der Waals surface area contributed by atoms with Gasteiger partial charge in [-0.25, -0.2) is 8.78 Å². The van der Waals surface area contributed by atoms with Crippen LogP contribution in [-0.4, -0.2) is 11.5 Å². The Labute approximate surface area is 110 Å². The van der Waals surface area contributed by atoms with Crippen molar-refractivity contribution in [2.24, 2.45) is 0 Å². The molecule has 0 unspecified atom stereocenters. The summed E-state index contributed by atoms with van der Waals surface area (Å²) in [4.78, 5) is 0. The van der Waals surface area contributed by atoms with Crippen LogP contribution in [0.15, 0.2) is 36.4 Å². The topological polar surface area (TPSA) is 29.5 Å². The first-order valence-electron chi connectivity index (χ1n) is 5.30. The van der Waals surface area contributed by atoms with Gasteiger partial charge in [0.25, 0.3) is 0 Å². The van der Waals surface area contributed by atoms with Gasteiger partial charge in [0.05, 0.1) is 0 Å². The molecular weight excluding hydrogens is 283 g/mol. The van der Waals surface area contributed by atoms with Crippen LogP contribution < -0.4 is 4.74 Å². The lowest BCUT2D eigenvalue weighted by molar-refractivity contribution is -0.275. The van der Waals surface area contributed by atoms with Gasteiger partial charge in [-0.05, 0) is 29.8 Å². The van der Waals surface area contributed by atoms with Crippen LogP contribution in [0.4, 0.5) is 22.0 Å². The molecule has 0 saturated heterocycles. The highest BCUT2D eigenvalue weighted by atomic mass is 19.4. The lowest BCUT2D eigenvalue weighted by Gasteiger charge is -2.11. The van der Waals surface area contributed by atoms with Gasteiger partial charge in [0.1, 0.15) is 11.6 Å². The summed E-state index contributed by atoms with van der Waals surface area (Å²) in [7, 11) is 0. The fourth-order valence-corrected chi connectivity index (χ4v) is 1.61. The second-order valence-corrected chi connectivity index (χ2v) is 3.86. The molecule has 0 aliphatic rings. The number of phenolic OH excluding ortho intramolecular Hbond substituents is 1. The van der Waals surface area contributed by atoms with Gasteiger partial charge >= 0.3 is 6.36 Å². The SMILES string of the molecule is Oc1ccc(-c2ccc(OC(F)(F)F)c(F)c2)c(F)c1. The number of alkyl halides is 3. The van der Waals surface area contributed by atoms with Crippen molar-refractivity contribution in [2.45, 2.75) is 6.36 Å². The van der Waals surface area contributed by atoms with E-state index in [1.54, 1.807) is 0 Å². The molecular formula is C13H7F5O2. The van der Waals surface area contributed by atoms with Crippen molar-refractivity contribution in [3.63, 3.8) is 0 Å². The molecule has 2 nitrogen and oxygen atoms in total. The Bertz CT molecular complexity index is 637. The molecule has 0 bridgehead atoms. The maximum atomic E-state index is 13.5. The normalized spacial score (nSPS) is 11.4. The molecule has 7 heteroatoms. The number of ether oxygens (including phenoxy) is 1. The average Bonchev–Trinajstić information content (AvgIpc) is 2.30. The molecule has 0 aliphatic carbocycles. The Kier molecular flexibility index (Phi) is 3.52. The molecule has 0 radical (unpaired) electrons. The zero-order valence-corrected chi connectivity index (χ0v) is 9.71. The minimum absolute atomic E-state index is 0.0227. The van der Waals surface area contributed by atoms with Crippen LogP contribution in [0, 0.1) is 11.6 Å². The first kappa shape index (κ1) is 14.1. The van der Waals surface area contributed by atoms with Gasteiger partial charge in [0.2, 0.25) is 0 Å². The molecule has 0 amide bonds. The van der Waals surface area contributed by atoms with E-state index in [2.05, 4.69) is 4.74 Å². The molecule has 106 valence electrons. The Hall–Kier alpha value is -2.31. The molecule has 2 rings (SSSR count). The summed E-state index contributed by atoms with van der Waals surface area (Å²) in [6, 6.07) is 5.73. The van der Waals surface area contributed by atoms with E-state index < -0.39 is 23.7 Å². The molecule has 0 aliphatic heterocycles. The van der Waals surface area contributed by atoms with Gasteiger partial charge < -0.3 is 9.84 Å². The first-order valence-corrected chi connectivity index (χ1v) is 5.30. The third-order valence-electron chi connectivity index (χ3n) is 2.42. The molecule has 0 heterocycles. The summed E-state index contributed by atoms with van der Waals surface area (Å²) in [5.74, 6) is -3.41.